The monoisotopic (exact) mass is 338 g/mol. The normalized spacial score (nSPS) is 10.5. The molecule has 0 heterocycles. The molecule has 2 rings (SSSR count). The van der Waals surface area contributed by atoms with Crippen LogP contribution in [0.1, 0.15) is 63.5 Å². The van der Waals surface area contributed by atoms with E-state index in [0.717, 1.165) is 24.3 Å². The SMILES string of the molecule is CCCCCc1ccc(OBOc2ccc(CCCCC)cc2)cc1. The van der Waals surface area contributed by atoms with E-state index in [0.29, 0.717) is 0 Å². The number of hydrogen-bond acceptors (Lipinski definition) is 2. The maximum atomic E-state index is 5.68. The maximum absolute atomic E-state index is 5.68. The zero-order valence-electron chi connectivity index (χ0n) is 15.8. The second-order valence-corrected chi connectivity index (χ2v) is 6.61. The summed E-state index contributed by atoms with van der Waals surface area (Å²) in [4.78, 5) is 0. The van der Waals surface area contributed by atoms with Crippen LogP contribution in [0.15, 0.2) is 48.5 Å². The molecular weight excluding hydrogens is 307 g/mol. The van der Waals surface area contributed by atoms with Crippen molar-refractivity contribution in [3.05, 3.63) is 59.7 Å². The molecule has 3 heteroatoms. The van der Waals surface area contributed by atoms with Crippen molar-refractivity contribution in [3.8, 4) is 11.5 Å². The lowest BCUT2D eigenvalue weighted by Crippen LogP contribution is -2.10. The van der Waals surface area contributed by atoms with E-state index in [1.54, 1.807) is 0 Å². The van der Waals surface area contributed by atoms with Gasteiger partial charge in [0.05, 0.1) is 0 Å². The number of hydrogen-bond donors (Lipinski definition) is 0. The van der Waals surface area contributed by atoms with Crippen molar-refractivity contribution >= 4 is 7.69 Å². The topological polar surface area (TPSA) is 18.5 Å². The van der Waals surface area contributed by atoms with Crippen LogP contribution in [0, 0.1) is 0 Å². The van der Waals surface area contributed by atoms with Crippen molar-refractivity contribution in [2.45, 2.75) is 65.2 Å². The van der Waals surface area contributed by atoms with Crippen LogP contribution in [-0.2, 0) is 12.8 Å². The first-order valence-electron chi connectivity index (χ1n) is 9.75. The fourth-order valence-corrected chi connectivity index (χ4v) is 2.83. The Labute approximate surface area is 153 Å². The fourth-order valence-electron chi connectivity index (χ4n) is 2.83. The van der Waals surface area contributed by atoms with Crippen LogP contribution in [0.4, 0.5) is 0 Å². The van der Waals surface area contributed by atoms with E-state index >= 15 is 0 Å². The highest BCUT2D eigenvalue weighted by Crippen LogP contribution is 2.16. The van der Waals surface area contributed by atoms with Crippen molar-refractivity contribution in [1.29, 1.82) is 0 Å². The summed E-state index contributed by atoms with van der Waals surface area (Å²) < 4.78 is 11.4. The first-order chi connectivity index (χ1) is 12.3. The zero-order chi connectivity index (χ0) is 17.7. The molecule has 0 atom stereocenters. The molecule has 0 spiro atoms. The van der Waals surface area contributed by atoms with Crippen molar-refractivity contribution in [2.24, 2.45) is 0 Å². The van der Waals surface area contributed by atoms with Gasteiger partial charge in [0, 0.05) is 0 Å². The van der Waals surface area contributed by atoms with Gasteiger partial charge in [-0.3, -0.25) is 0 Å². The van der Waals surface area contributed by atoms with E-state index in [-0.39, 0.29) is 7.69 Å². The molecular formula is C22H31BO2. The standard InChI is InChI=1S/C22H31BO2/c1-3-5-7-9-19-11-15-21(16-12-19)24-23-25-22-17-13-20(14-18-22)10-8-6-4-2/h11-18,23H,3-10H2,1-2H3. The third-order valence-electron chi connectivity index (χ3n) is 4.44. The Morgan fingerprint density at radius 1 is 0.600 bits per heavy atom. The van der Waals surface area contributed by atoms with E-state index in [1.807, 2.05) is 24.3 Å². The predicted octanol–water partition coefficient (Wildman–Crippen LogP) is 5.88. The summed E-state index contributed by atoms with van der Waals surface area (Å²) in [6.45, 7) is 4.47. The van der Waals surface area contributed by atoms with E-state index in [9.17, 15) is 0 Å². The Balaban J connectivity index is 1.69. The molecule has 0 saturated carbocycles. The van der Waals surface area contributed by atoms with Gasteiger partial charge in [-0.1, -0.05) is 63.8 Å². The van der Waals surface area contributed by atoms with Crippen molar-refractivity contribution in [3.63, 3.8) is 0 Å². The van der Waals surface area contributed by atoms with Gasteiger partial charge in [0.2, 0.25) is 0 Å². The Morgan fingerprint density at radius 3 is 1.36 bits per heavy atom. The molecule has 0 amide bonds. The number of unbranched alkanes of at least 4 members (excludes halogenated alkanes) is 4. The molecule has 0 bridgehead atoms. The van der Waals surface area contributed by atoms with E-state index in [2.05, 4.69) is 38.1 Å². The average molecular weight is 338 g/mol. The van der Waals surface area contributed by atoms with Crippen LogP contribution < -0.4 is 9.31 Å². The molecule has 0 radical (unpaired) electrons. The molecule has 0 aromatic heterocycles. The van der Waals surface area contributed by atoms with Gasteiger partial charge in [-0.25, -0.2) is 0 Å². The fraction of sp³-hybridized carbons (Fsp3) is 0.455. The Kier molecular flexibility index (Phi) is 9.03. The summed E-state index contributed by atoms with van der Waals surface area (Å²) in [7, 11) is 0.240. The van der Waals surface area contributed by atoms with Gasteiger partial charge in [0.1, 0.15) is 11.5 Å². The molecule has 0 aliphatic heterocycles. The van der Waals surface area contributed by atoms with Gasteiger partial charge in [-0.2, -0.15) is 0 Å². The van der Waals surface area contributed by atoms with Gasteiger partial charge in [0.15, 0.2) is 0 Å². The highest BCUT2D eigenvalue weighted by Gasteiger charge is 2.01. The molecule has 0 aliphatic rings. The average Bonchev–Trinajstić information content (AvgIpc) is 2.65. The lowest BCUT2D eigenvalue weighted by molar-refractivity contribution is 0.459. The Morgan fingerprint density at radius 2 is 1.00 bits per heavy atom. The van der Waals surface area contributed by atoms with Crippen LogP contribution in [-0.4, -0.2) is 7.69 Å². The third kappa shape index (κ3) is 7.68. The maximum Gasteiger partial charge on any atom is 0.576 e. The first-order valence-corrected chi connectivity index (χ1v) is 9.75. The van der Waals surface area contributed by atoms with Gasteiger partial charge < -0.3 is 9.31 Å². The zero-order valence-corrected chi connectivity index (χ0v) is 15.8. The van der Waals surface area contributed by atoms with E-state index in [1.165, 1.54) is 49.7 Å². The van der Waals surface area contributed by atoms with Crippen molar-refractivity contribution in [2.75, 3.05) is 0 Å². The Bertz CT molecular complexity index is 524. The molecule has 2 aromatic rings. The molecule has 0 fully saturated rings. The Hall–Kier alpha value is -1.90. The number of rotatable bonds is 12. The third-order valence-corrected chi connectivity index (χ3v) is 4.44. The summed E-state index contributed by atoms with van der Waals surface area (Å²) in [5, 5.41) is 0. The second-order valence-electron chi connectivity index (χ2n) is 6.61. The van der Waals surface area contributed by atoms with Crippen molar-refractivity contribution < 1.29 is 9.31 Å². The number of benzene rings is 2. The lowest BCUT2D eigenvalue weighted by atomic mass is 10.1. The molecule has 0 saturated heterocycles. The van der Waals surface area contributed by atoms with Gasteiger partial charge >= 0.3 is 7.69 Å². The largest absolute Gasteiger partial charge is 0.576 e. The van der Waals surface area contributed by atoms with Gasteiger partial charge in [-0.05, 0) is 61.1 Å². The van der Waals surface area contributed by atoms with Crippen LogP contribution in [0.25, 0.3) is 0 Å². The summed E-state index contributed by atoms with van der Waals surface area (Å²) in [6.07, 6.45) is 9.93. The molecule has 2 nitrogen and oxygen atoms in total. The molecule has 134 valence electrons. The van der Waals surface area contributed by atoms with Crippen LogP contribution in [0.3, 0.4) is 0 Å². The molecule has 0 unspecified atom stereocenters. The minimum Gasteiger partial charge on any atom is -0.529 e. The summed E-state index contributed by atoms with van der Waals surface area (Å²) in [5.41, 5.74) is 2.75. The summed E-state index contributed by atoms with van der Waals surface area (Å²) in [6, 6.07) is 16.7. The van der Waals surface area contributed by atoms with Crippen LogP contribution in [0.5, 0.6) is 11.5 Å². The predicted molar refractivity (Wildman–Crippen MR) is 108 cm³/mol. The highest BCUT2D eigenvalue weighted by molar-refractivity contribution is 6.20. The van der Waals surface area contributed by atoms with E-state index in [4.69, 9.17) is 9.31 Å². The second kappa shape index (κ2) is 11.6. The van der Waals surface area contributed by atoms with Gasteiger partial charge in [0.25, 0.3) is 0 Å². The van der Waals surface area contributed by atoms with Crippen molar-refractivity contribution in [1.82, 2.24) is 0 Å². The van der Waals surface area contributed by atoms with Gasteiger partial charge in [-0.15, -0.1) is 0 Å². The minimum atomic E-state index is 0.240. The molecule has 25 heavy (non-hydrogen) atoms. The lowest BCUT2D eigenvalue weighted by Gasteiger charge is -2.09. The summed E-state index contributed by atoms with van der Waals surface area (Å²) in [5.74, 6) is 1.71. The molecule has 0 N–H and O–H groups in total. The quantitative estimate of drug-likeness (QED) is 0.356. The summed E-state index contributed by atoms with van der Waals surface area (Å²) >= 11 is 0. The molecule has 2 aromatic carbocycles. The number of aryl methyl sites for hydroxylation is 2. The van der Waals surface area contributed by atoms with Crippen LogP contribution >= 0.6 is 0 Å². The smallest absolute Gasteiger partial charge is 0.529 e. The molecule has 0 aliphatic carbocycles. The minimum absolute atomic E-state index is 0.240. The van der Waals surface area contributed by atoms with Crippen LogP contribution in [0.2, 0.25) is 0 Å². The first kappa shape index (κ1) is 19.4. The highest BCUT2D eigenvalue weighted by atomic mass is 16.6. The van der Waals surface area contributed by atoms with E-state index < -0.39 is 0 Å².